The number of anilines is 1. The fraction of sp³-hybridized carbons (Fsp3) is 0.455. The van der Waals surface area contributed by atoms with E-state index in [0.717, 1.165) is 24.7 Å². The first kappa shape index (κ1) is 15.9. The van der Waals surface area contributed by atoms with Crippen molar-refractivity contribution < 1.29 is 0 Å². The van der Waals surface area contributed by atoms with E-state index in [2.05, 4.69) is 23.2 Å². The van der Waals surface area contributed by atoms with E-state index in [1.54, 1.807) is 0 Å². The molecule has 2 rings (SSSR count). The molecule has 0 aliphatic carbocycles. The van der Waals surface area contributed by atoms with Gasteiger partial charge in [0, 0.05) is 36.4 Å². The Kier molecular flexibility index (Phi) is 7.16. The van der Waals surface area contributed by atoms with Gasteiger partial charge in [-0.15, -0.1) is 24.8 Å². The summed E-state index contributed by atoms with van der Waals surface area (Å²) in [6.45, 7) is 5.37. The second-order valence-electron chi connectivity index (χ2n) is 3.78. The lowest BCUT2D eigenvalue weighted by Crippen LogP contribution is -2.49. The van der Waals surface area contributed by atoms with Gasteiger partial charge in [0.25, 0.3) is 0 Å². The van der Waals surface area contributed by atoms with Gasteiger partial charge in [-0.2, -0.15) is 0 Å². The number of hydrogen-bond acceptors (Lipinski definition) is 2. The number of nitrogens with zero attached hydrogens (tertiary/aromatic N) is 1. The van der Waals surface area contributed by atoms with Crippen molar-refractivity contribution >= 4 is 42.1 Å². The van der Waals surface area contributed by atoms with Crippen LogP contribution in [-0.4, -0.2) is 25.7 Å². The quantitative estimate of drug-likeness (QED) is 0.852. The normalized spacial score (nSPS) is 19.6. The summed E-state index contributed by atoms with van der Waals surface area (Å²) in [6.07, 6.45) is 0. The summed E-state index contributed by atoms with van der Waals surface area (Å²) < 4.78 is 0. The highest BCUT2D eigenvalue weighted by Crippen LogP contribution is 2.20. The first-order chi connectivity index (χ1) is 6.75. The zero-order valence-corrected chi connectivity index (χ0v) is 11.5. The Morgan fingerprint density at radius 2 is 2.12 bits per heavy atom. The van der Waals surface area contributed by atoms with Crippen molar-refractivity contribution in [2.24, 2.45) is 0 Å². The summed E-state index contributed by atoms with van der Waals surface area (Å²) in [5.41, 5.74) is 1.23. The highest BCUT2D eigenvalue weighted by atomic mass is 35.5. The van der Waals surface area contributed by atoms with Gasteiger partial charge in [-0.05, 0) is 25.1 Å². The van der Waals surface area contributed by atoms with E-state index in [9.17, 15) is 0 Å². The molecule has 16 heavy (non-hydrogen) atoms. The summed E-state index contributed by atoms with van der Waals surface area (Å²) in [5.74, 6) is 0. The minimum absolute atomic E-state index is 0. The zero-order valence-electron chi connectivity index (χ0n) is 9.15. The van der Waals surface area contributed by atoms with Crippen LogP contribution < -0.4 is 10.2 Å². The third-order valence-electron chi connectivity index (χ3n) is 2.54. The molecule has 1 aromatic rings. The van der Waals surface area contributed by atoms with Crippen molar-refractivity contribution in [3.63, 3.8) is 0 Å². The topological polar surface area (TPSA) is 15.3 Å². The van der Waals surface area contributed by atoms with Gasteiger partial charge in [-0.1, -0.05) is 17.7 Å². The molecule has 1 N–H and O–H groups in total. The van der Waals surface area contributed by atoms with Crippen LogP contribution in [0.25, 0.3) is 0 Å². The predicted octanol–water partition coefficient (Wildman–Crippen LogP) is 2.98. The van der Waals surface area contributed by atoms with Crippen molar-refractivity contribution in [1.82, 2.24) is 5.32 Å². The molecule has 1 heterocycles. The Morgan fingerprint density at radius 3 is 2.75 bits per heavy atom. The van der Waals surface area contributed by atoms with Gasteiger partial charge in [0.05, 0.1) is 0 Å². The second-order valence-corrected chi connectivity index (χ2v) is 4.22. The molecule has 2 nitrogen and oxygen atoms in total. The first-order valence-corrected chi connectivity index (χ1v) is 5.37. The van der Waals surface area contributed by atoms with Crippen molar-refractivity contribution in [3.05, 3.63) is 29.3 Å². The molecule has 92 valence electrons. The maximum atomic E-state index is 5.96. The molecule has 0 amide bonds. The van der Waals surface area contributed by atoms with Crippen LogP contribution in [0.1, 0.15) is 6.92 Å². The van der Waals surface area contributed by atoms with E-state index in [4.69, 9.17) is 11.6 Å². The first-order valence-electron chi connectivity index (χ1n) is 4.99. The van der Waals surface area contributed by atoms with Crippen molar-refractivity contribution in [1.29, 1.82) is 0 Å². The highest BCUT2D eigenvalue weighted by molar-refractivity contribution is 6.30. The van der Waals surface area contributed by atoms with E-state index >= 15 is 0 Å². The molecule has 1 aliphatic rings. The largest absolute Gasteiger partial charge is 0.369 e. The monoisotopic (exact) mass is 282 g/mol. The minimum Gasteiger partial charge on any atom is -0.369 e. The molecule has 0 spiro atoms. The number of benzene rings is 1. The van der Waals surface area contributed by atoms with Crippen molar-refractivity contribution in [2.45, 2.75) is 13.0 Å². The Balaban J connectivity index is 0.00000112. The molecule has 1 atom stereocenters. The Morgan fingerprint density at radius 1 is 1.38 bits per heavy atom. The maximum Gasteiger partial charge on any atom is 0.0426 e. The lowest BCUT2D eigenvalue weighted by molar-refractivity contribution is 0.485. The summed E-state index contributed by atoms with van der Waals surface area (Å²) in [7, 11) is 0. The fourth-order valence-electron chi connectivity index (χ4n) is 1.84. The van der Waals surface area contributed by atoms with Crippen LogP contribution in [0.3, 0.4) is 0 Å². The zero-order chi connectivity index (χ0) is 9.97. The molecule has 1 aromatic carbocycles. The molecular weight excluding hydrogens is 266 g/mol. The molecule has 0 aromatic heterocycles. The van der Waals surface area contributed by atoms with E-state index < -0.39 is 0 Å². The lowest BCUT2D eigenvalue weighted by Gasteiger charge is -2.33. The van der Waals surface area contributed by atoms with Crippen LogP contribution in [-0.2, 0) is 0 Å². The summed E-state index contributed by atoms with van der Waals surface area (Å²) >= 11 is 5.96. The summed E-state index contributed by atoms with van der Waals surface area (Å²) in [5, 5.41) is 4.24. The SMILES string of the molecule is CC1CN(c2cccc(Cl)c2)CCN1.Cl.Cl. The molecule has 1 saturated heterocycles. The number of halogens is 3. The molecule has 5 heteroatoms. The molecule has 0 radical (unpaired) electrons. The van der Waals surface area contributed by atoms with Crippen molar-refractivity contribution in [3.8, 4) is 0 Å². The third-order valence-corrected chi connectivity index (χ3v) is 2.78. The van der Waals surface area contributed by atoms with Gasteiger partial charge in [0.2, 0.25) is 0 Å². The van der Waals surface area contributed by atoms with Crippen LogP contribution in [0.5, 0.6) is 0 Å². The fourth-order valence-corrected chi connectivity index (χ4v) is 2.02. The van der Waals surface area contributed by atoms with Crippen LogP contribution in [0, 0.1) is 0 Å². The molecule has 1 aliphatic heterocycles. The number of hydrogen-bond donors (Lipinski definition) is 1. The van der Waals surface area contributed by atoms with Crippen LogP contribution in [0.4, 0.5) is 5.69 Å². The Hall–Kier alpha value is -0.150. The maximum absolute atomic E-state index is 5.96. The van der Waals surface area contributed by atoms with Gasteiger partial charge >= 0.3 is 0 Å². The molecule has 1 unspecified atom stereocenters. The van der Waals surface area contributed by atoms with E-state index in [-0.39, 0.29) is 24.8 Å². The van der Waals surface area contributed by atoms with Gasteiger partial charge in [0.15, 0.2) is 0 Å². The minimum atomic E-state index is 0. The van der Waals surface area contributed by atoms with E-state index in [1.807, 2.05) is 18.2 Å². The Bertz CT molecular complexity index is 320. The second kappa shape index (κ2) is 7.23. The summed E-state index contributed by atoms with van der Waals surface area (Å²) in [6, 6.07) is 8.62. The highest BCUT2D eigenvalue weighted by Gasteiger charge is 2.15. The smallest absolute Gasteiger partial charge is 0.0426 e. The van der Waals surface area contributed by atoms with Gasteiger partial charge in [-0.25, -0.2) is 0 Å². The van der Waals surface area contributed by atoms with Crippen LogP contribution in [0.2, 0.25) is 5.02 Å². The predicted molar refractivity (Wildman–Crippen MR) is 75.6 cm³/mol. The average Bonchev–Trinajstić information content (AvgIpc) is 2.18. The molecule has 1 fully saturated rings. The standard InChI is InChI=1S/C11H15ClN2.2ClH/c1-9-8-14(6-5-13-9)11-4-2-3-10(12)7-11;;/h2-4,7,9,13H,5-6,8H2,1H3;2*1H. The average molecular weight is 284 g/mol. The molecule has 0 saturated carbocycles. The number of rotatable bonds is 1. The third kappa shape index (κ3) is 4.02. The van der Waals surface area contributed by atoms with E-state index in [1.165, 1.54) is 5.69 Å². The van der Waals surface area contributed by atoms with Crippen molar-refractivity contribution in [2.75, 3.05) is 24.5 Å². The Labute approximate surface area is 114 Å². The van der Waals surface area contributed by atoms with Crippen LogP contribution >= 0.6 is 36.4 Å². The van der Waals surface area contributed by atoms with Gasteiger partial charge < -0.3 is 10.2 Å². The number of piperazine rings is 1. The molecule has 0 bridgehead atoms. The number of nitrogens with one attached hydrogen (secondary N) is 1. The van der Waals surface area contributed by atoms with Gasteiger partial charge in [0.1, 0.15) is 0 Å². The van der Waals surface area contributed by atoms with Crippen LogP contribution in [0.15, 0.2) is 24.3 Å². The summed E-state index contributed by atoms with van der Waals surface area (Å²) in [4.78, 5) is 2.37. The lowest BCUT2D eigenvalue weighted by atomic mass is 10.2. The molecular formula is C11H17Cl3N2. The van der Waals surface area contributed by atoms with Gasteiger partial charge in [-0.3, -0.25) is 0 Å². The van der Waals surface area contributed by atoms with E-state index in [0.29, 0.717) is 6.04 Å².